The number of likely N-dealkylation sites (N-methyl/N-ethyl adjacent to an activating group) is 1. The van der Waals surface area contributed by atoms with E-state index in [2.05, 4.69) is 0 Å². The molecule has 8 nitrogen and oxygen atoms in total. The maximum atomic E-state index is 14.3. The highest BCUT2D eigenvalue weighted by atomic mass is 19.1. The lowest BCUT2D eigenvalue weighted by Gasteiger charge is -2.28. The number of hydrogen-bond acceptors (Lipinski definition) is 7. The van der Waals surface area contributed by atoms with Crippen LogP contribution in [0.5, 0.6) is 17.2 Å². The monoisotopic (exact) mass is 458 g/mol. The molecule has 3 rings (SSSR count). The smallest absolute Gasteiger partial charge is 0.295 e. The van der Waals surface area contributed by atoms with Gasteiger partial charge in [-0.1, -0.05) is 0 Å². The number of Topliss-reactive ketones (excluding diaryl/α,β-unsaturated/α-hetero) is 1. The predicted molar refractivity (Wildman–Crippen MR) is 120 cm³/mol. The van der Waals surface area contributed by atoms with Crippen molar-refractivity contribution in [2.75, 3.05) is 48.5 Å². The van der Waals surface area contributed by atoms with Gasteiger partial charge in [-0.3, -0.25) is 9.59 Å². The second kappa shape index (κ2) is 9.91. The second-order valence-electron chi connectivity index (χ2n) is 7.75. The molecule has 1 N–H and O–H groups in total. The van der Waals surface area contributed by atoms with Gasteiger partial charge in [0.05, 0.1) is 32.9 Å². The molecule has 33 heavy (non-hydrogen) atoms. The largest absolute Gasteiger partial charge is 0.507 e. The van der Waals surface area contributed by atoms with Crippen LogP contribution in [0.15, 0.2) is 42.0 Å². The van der Waals surface area contributed by atoms with Crippen molar-refractivity contribution in [3.8, 4) is 17.2 Å². The van der Waals surface area contributed by atoms with Gasteiger partial charge in [0.2, 0.25) is 0 Å². The van der Waals surface area contributed by atoms with E-state index in [-0.39, 0.29) is 23.4 Å². The average Bonchev–Trinajstić information content (AvgIpc) is 3.06. The molecule has 0 radical (unpaired) electrons. The molecule has 2 aromatic rings. The zero-order valence-electron chi connectivity index (χ0n) is 19.2. The van der Waals surface area contributed by atoms with Gasteiger partial charge >= 0.3 is 0 Å². The zero-order valence-corrected chi connectivity index (χ0v) is 19.2. The summed E-state index contributed by atoms with van der Waals surface area (Å²) in [4.78, 5) is 29.4. The number of carbonyl (C=O) groups excluding carboxylic acids is 2. The van der Waals surface area contributed by atoms with Crippen molar-refractivity contribution in [2.24, 2.45) is 0 Å². The Bertz CT molecular complexity index is 1100. The van der Waals surface area contributed by atoms with Gasteiger partial charge in [0.25, 0.3) is 11.7 Å². The number of hydrogen-bond donors (Lipinski definition) is 1. The molecule has 9 heteroatoms. The second-order valence-corrected chi connectivity index (χ2v) is 7.75. The van der Waals surface area contributed by atoms with E-state index in [1.165, 1.54) is 38.4 Å². The van der Waals surface area contributed by atoms with Crippen molar-refractivity contribution in [3.05, 3.63) is 58.9 Å². The van der Waals surface area contributed by atoms with Gasteiger partial charge in [-0.15, -0.1) is 0 Å². The summed E-state index contributed by atoms with van der Waals surface area (Å²) in [6.45, 7) is 0.698. The summed E-state index contributed by atoms with van der Waals surface area (Å²) in [5, 5.41) is 11.1. The molecule has 2 aromatic carbocycles. The lowest BCUT2D eigenvalue weighted by atomic mass is 9.94. The minimum Gasteiger partial charge on any atom is -0.507 e. The summed E-state index contributed by atoms with van der Waals surface area (Å²) in [5.41, 5.74) is 0.353. The number of carbonyl (C=O) groups is 2. The van der Waals surface area contributed by atoms with E-state index in [0.717, 1.165) is 6.07 Å². The van der Waals surface area contributed by atoms with Crippen LogP contribution in [0, 0.1) is 5.82 Å². The molecule has 1 amide bonds. The number of likely N-dealkylation sites (tertiary alicyclic amines) is 1. The Kier molecular flexibility index (Phi) is 7.23. The third kappa shape index (κ3) is 4.63. The van der Waals surface area contributed by atoms with E-state index in [1.807, 2.05) is 19.0 Å². The van der Waals surface area contributed by atoms with Crippen LogP contribution in [-0.2, 0) is 9.59 Å². The van der Waals surface area contributed by atoms with Gasteiger partial charge < -0.3 is 29.1 Å². The number of aliphatic hydroxyl groups is 1. The average molecular weight is 458 g/mol. The highest BCUT2D eigenvalue weighted by Gasteiger charge is 2.47. The number of benzene rings is 2. The van der Waals surface area contributed by atoms with E-state index < -0.39 is 29.3 Å². The molecule has 1 aliphatic heterocycles. The number of aliphatic hydroxyl groups excluding tert-OH is 1. The van der Waals surface area contributed by atoms with Crippen LogP contribution in [0.4, 0.5) is 4.39 Å². The fraction of sp³-hybridized carbons (Fsp3) is 0.333. The van der Waals surface area contributed by atoms with Gasteiger partial charge in [-0.25, -0.2) is 4.39 Å². The molecule has 1 heterocycles. The summed E-state index contributed by atoms with van der Waals surface area (Å²) in [6, 6.07) is 7.86. The number of nitrogens with zero attached hydrogens (tertiary/aromatic N) is 2. The Morgan fingerprint density at radius 2 is 1.70 bits per heavy atom. The quantitative estimate of drug-likeness (QED) is 0.370. The highest BCUT2D eigenvalue weighted by molar-refractivity contribution is 6.46. The van der Waals surface area contributed by atoms with Crippen molar-refractivity contribution >= 4 is 17.4 Å². The first-order valence-corrected chi connectivity index (χ1v) is 10.2. The first-order valence-electron chi connectivity index (χ1n) is 10.2. The molecule has 176 valence electrons. The molecule has 0 saturated carbocycles. The van der Waals surface area contributed by atoms with E-state index in [1.54, 1.807) is 18.2 Å². The molecule has 1 unspecified atom stereocenters. The van der Waals surface area contributed by atoms with Crippen LogP contribution < -0.4 is 14.2 Å². The van der Waals surface area contributed by atoms with Crippen LogP contribution in [0.25, 0.3) is 5.76 Å². The number of amides is 1. The molecular formula is C24H27FN2O6. The van der Waals surface area contributed by atoms with Crippen LogP contribution in [0.3, 0.4) is 0 Å². The fourth-order valence-corrected chi connectivity index (χ4v) is 3.76. The topological polar surface area (TPSA) is 88.5 Å². The molecule has 1 fully saturated rings. The van der Waals surface area contributed by atoms with Crippen molar-refractivity contribution < 1.29 is 33.3 Å². The van der Waals surface area contributed by atoms with Crippen molar-refractivity contribution in [2.45, 2.75) is 6.04 Å². The number of rotatable bonds is 8. The molecule has 0 bridgehead atoms. The summed E-state index contributed by atoms with van der Waals surface area (Å²) < 4.78 is 30.1. The van der Waals surface area contributed by atoms with E-state index in [9.17, 15) is 19.1 Å². The Morgan fingerprint density at radius 3 is 2.27 bits per heavy atom. The van der Waals surface area contributed by atoms with Crippen molar-refractivity contribution in [3.63, 3.8) is 0 Å². The Balaban J connectivity index is 2.24. The zero-order chi connectivity index (χ0) is 24.3. The molecule has 1 atom stereocenters. The normalized spacial score (nSPS) is 17.5. The lowest BCUT2D eigenvalue weighted by molar-refractivity contribution is -0.140. The molecular weight excluding hydrogens is 431 g/mol. The Hall–Kier alpha value is -3.59. The van der Waals surface area contributed by atoms with Crippen LogP contribution >= 0.6 is 0 Å². The number of ether oxygens (including phenoxy) is 3. The summed E-state index contributed by atoms with van der Waals surface area (Å²) in [7, 11) is 7.98. The highest BCUT2D eigenvalue weighted by Crippen LogP contribution is 2.44. The Morgan fingerprint density at radius 1 is 1.03 bits per heavy atom. The summed E-state index contributed by atoms with van der Waals surface area (Å²) in [6.07, 6.45) is 0. The number of methoxy groups -OCH3 is 3. The Labute approximate surface area is 191 Å². The lowest BCUT2D eigenvalue weighted by Crippen LogP contribution is -2.35. The van der Waals surface area contributed by atoms with E-state index in [4.69, 9.17) is 14.2 Å². The number of halogens is 1. The maximum absolute atomic E-state index is 14.3. The van der Waals surface area contributed by atoms with Gasteiger partial charge in [-0.05, 0) is 50.5 Å². The third-order valence-corrected chi connectivity index (χ3v) is 5.48. The van der Waals surface area contributed by atoms with Gasteiger partial charge in [0.1, 0.15) is 17.3 Å². The minimum atomic E-state index is -0.958. The third-order valence-electron chi connectivity index (χ3n) is 5.48. The maximum Gasteiger partial charge on any atom is 0.295 e. The first-order chi connectivity index (χ1) is 15.7. The van der Waals surface area contributed by atoms with Crippen LogP contribution in [0.1, 0.15) is 17.2 Å². The predicted octanol–water partition coefficient (Wildman–Crippen LogP) is 2.83. The molecule has 1 saturated heterocycles. The first kappa shape index (κ1) is 24.1. The van der Waals surface area contributed by atoms with Gasteiger partial charge in [0.15, 0.2) is 11.6 Å². The van der Waals surface area contributed by atoms with Crippen LogP contribution in [-0.4, -0.2) is 75.1 Å². The van der Waals surface area contributed by atoms with Gasteiger partial charge in [-0.2, -0.15) is 0 Å². The summed E-state index contributed by atoms with van der Waals surface area (Å²) >= 11 is 0. The van der Waals surface area contributed by atoms with E-state index >= 15 is 0 Å². The standard InChI is InChI=1S/C24H27FN2O6/c1-26(2)10-11-27-21(16-13-15(31-3)7-9-18(16)32-4)20(23(29)24(27)30)22(28)14-6-8-19(33-5)17(25)12-14/h6-9,12-13,21,28H,10-11H2,1-5H3/b22-20+. The summed E-state index contributed by atoms with van der Waals surface area (Å²) in [5.74, 6) is -1.94. The fourth-order valence-electron chi connectivity index (χ4n) is 3.76. The van der Waals surface area contributed by atoms with E-state index in [0.29, 0.717) is 23.6 Å². The minimum absolute atomic E-state index is 0.0102. The van der Waals surface area contributed by atoms with Crippen LogP contribution in [0.2, 0.25) is 0 Å². The van der Waals surface area contributed by atoms with Gasteiger partial charge in [0, 0.05) is 24.2 Å². The SMILES string of the molecule is COc1ccc(OC)c(C2/C(=C(\O)c3ccc(OC)c(F)c3)C(=O)C(=O)N2CCN(C)C)c1. The van der Waals surface area contributed by atoms with Crippen molar-refractivity contribution in [1.29, 1.82) is 0 Å². The molecule has 0 aromatic heterocycles. The molecule has 0 spiro atoms. The molecule has 1 aliphatic rings. The number of ketones is 1. The van der Waals surface area contributed by atoms with Crippen molar-refractivity contribution in [1.82, 2.24) is 9.80 Å². The molecule has 0 aliphatic carbocycles.